The van der Waals surface area contributed by atoms with Crippen molar-refractivity contribution in [3.63, 3.8) is 0 Å². The van der Waals surface area contributed by atoms with Crippen molar-refractivity contribution in [2.45, 2.75) is 12.8 Å². The minimum absolute atomic E-state index is 0.0764. The molecule has 21 heavy (non-hydrogen) atoms. The van der Waals surface area contributed by atoms with Crippen molar-refractivity contribution < 1.29 is 9.47 Å². The number of benzene rings is 1. The summed E-state index contributed by atoms with van der Waals surface area (Å²) >= 11 is 0. The summed E-state index contributed by atoms with van der Waals surface area (Å²) in [6.07, 6.45) is 2.68. The first-order valence-electron chi connectivity index (χ1n) is 7.48. The monoisotopic (exact) mass is 291 g/mol. The minimum atomic E-state index is 0.0764. The molecule has 1 aromatic rings. The van der Waals surface area contributed by atoms with Crippen LogP contribution in [0.4, 0.5) is 0 Å². The first kappa shape index (κ1) is 15.8. The van der Waals surface area contributed by atoms with Crippen molar-refractivity contribution in [2.75, 3.05) is 40.0 Å². The predicted molar refractivity (Wildman–Crippen MR) is 84.0 cm³/mol. The largest absolute Gasteiger partial charge is 0.492 e. The average Bonchev–Trinajstić information content (AvgIpc) is 3.28. The number of amidine groups is 1. The van der Waals surface area contributed by atoms with Gasteiger partial charge in [0.1, 0.15) is 18.2 Å². The van der Waals surface area contributed by atoms with Gasteiger partial charge in [0.05, 0.1) is 6.61 Å². The van der Waals surface area contributed by atoms with E-state index in [-0.39, 0.29) is 5.84 Å². The zero-order valence-electron chi connectivity index (χ0n) is 12.7. The molecule has 0 spiro atoms. The highest BCUT2D eigenvalue weighted by Crippen LogP contribution is 2.28. The normalized spacial score (nSPS) is 14.4. The SMILES string of the molecule is CN(CCOCC1CC1)CCOc1ccc(C(=N)N)cc1. The highest BCUT2D eigenvalue weighted by Gasteiger charge is 2.20. The minimum Gasteiger partial charge on any atom is -0.492 e. The third-order valence-electron chi connectivity index (χ3n) is 3.57. The Balaban J connectivity index is 1.55. The number of likely N-dealkylation sites (N-methyl/N-ethyl adjacent to an activating group) is 1. The summed E-state index contributed by atoms with van der Waals surface area (Å²) in [4.78, 5) is 2.21. The van der Waals surface area contributed by atoms with E-state index in [1.165, 1.54) is 12.8 Å². The van der Waals surface area contributed by atoms with Gasteiger partial charge in [0.15, 0.2) is 0 Å². The number of hydrogen-bond acceptors (Lipinski definition) is 4. The molecular weight excluding hydrogens is 266 g/mol. The molecule has 0 bridgehead atoms. The molecule has 1 saturated carbocycles. The molecule has 0 heterocycles. The summed E-state index contributed by atoms with van der Waals surface area (Å²) in [5.74, 6) is 1.71. The Bertz CT molecular complexity index is 443. The summed E-state index contributed by atoms with van der Waals surface area (Å²) < 4.78 is 11.3. The maximum absolute atomic E-state index is 7.33. The molecule has 0 aromatic heterocycles. The maximum Gasteiger partial charge on any atom is 0.122 e. The van der Waals surface area contributed by atoms with E-state index in [0.29, 0.717) is 12.2 Å². The average molecular weight is 291 g/mol. The van der Waals surface area contributed by atoms with Gasteiger partial charge in [-0.15, -0.1) is 0 Å². The second-order valence-corrected chi connectivity index (χ2v) is 5.61. The molecule has 0 amide bonds. The molecule has 0 atom stereocenters. The second kappa shape index (κ2) is 8.00. The van der Waals surface area contributed by atoms with Gasteiger partial charge in [-0.2, -0.15) is 0 Å². The quantitative estimate of drug-likeness (QED) is 0.391. The molecule has 0 radical (unpaired) electrons. The molecule has 3 N–H and O–H groups in total. The first-order valence-corrected chi connectivity index (χ1v) is 7.48. The third kappa shape index (κ3) is 6.14. The van der Waals surface area contributed by atoms with Gasteiger partial charge in [-0.1, -0.05) is 0 Å². The molecule has 0 aliphatic heterocycles. The summed E-state index contributed by atoms with van der Waals surface area (Å²) in [6, 6.07) is 7.28. The Morgan fingerprint density at radius 2 is 1.90 bits per heavy atom. The molecule has 116 valence electrons. The highest BCUT2D eigenvalue weighted by atomic mass is 16.5. The van der Waals surface area contributed by atoms with Crippen LogP contribution in [0.5, 0.6) is 5.75 Å². The second-order valence-electron chi connectivity index (χ2n) is 5.61. The van der Waals surface area contributed by atoms with E-state index in [4.69, 9.17) is 20.6 Å². The lowest BCUT2D eigenvalue weighted by atomic mass is 10.2. The fourth-order valence-corrected chi connectivity index (χ4v) is 1.92. The number of nitrogens with zero attached hydrogens (tertiary/aromatic N) is 1. The van der Waals surface area contributed by atoms with Gasteiger partial charge in [0.2, 0.25) is 0 Å². The zero-order chi connectivity index (χ0) is 15.1. The highest BCUT2D eigenvalue weighted by molar-refractivity contribution is 5.94. The zero-order valence-corrected chi connectivity index (χ0v) is 12.7. The van der Waals surface area contributed by atoms with Crippen LogP contribution in [0, 0.1) is 11.3 Å². The smallest absolute Gasteiger partial charge is 0.122 e. The fraction of sp³-hybridized carbons (Fsp3) is 0.562. The van der Waals surface area contributed by atoms with Crippen molar-refractivity contribution in [1.82, 2.24) is 4.90 Å². The Labute approximate surface area is 126 Å². The van der Waals surface area contributed by atoms with Gasteiger partial charge < -0.3 is 20.1 Å². The Morgan fingerprint density at radius 1 is 1.24 bits per heavy atom. The van der Waals surface area contributed by atoms with Gasteiger partial charge >= 0.3 is 0 Å². The summed E-state index contributed by atoms with van der Waals surface area (Å²) in [6.45, 7) is 4.15. The molecular formula is C16H25N3O2. The summed E-state index contributed by atoms with van der Waals surface area (Å²) in [7, 11) is 2.07. The molecule has 1 fully saturated rings. The van der Waals surface area contributed by atoms with Crippen molar-refractivity contribution in [3.05, 3.63) is 29.8 Å². The maximum atomic E-state index is 7.33. The van der Waals surface area contributed by atoms with Crippen molar-refractivity contribution in [2.24, 2.45) is 11.7 Å². The Morgan fingerprint density at radius 3 is 2.52 bits per heavy atom. The topological polar surface area (TPSA) is 71.6 Å². The standard InChI is InChI=1S/C16H25N3O2/c1-19(8-10-20-12-13-2-3-13)9-11-21-15-6-4-14(5-7-15)16(17)18/h4-7,13H,2-3,8-12H2,1H3,(H3,17,18). The summed E-state index contributed by atoms with van der Waals surface area (Å²) in [5.41, 5.74) is 6.12. The van der Waals surface area contributed by atoms with Gasteiger partial charge in [-0.25, -0.2) is 0 Å². The molecule has 1 aliphatic carbocycles. The number of hydrogen-bond donors (Lipinski definition) is 2. The van der Waals surface area contributed by atoms with E-state index in [1.54, 1.807) is 12.1 Å². The van der Waals surface area contributed by atoms with Crippen LogP contribution in [0.3, 0.4) is 0 Å². The number of nitrogens with two attached hydrogens (primary N) is 1. The van der Waals surface area contributed by atoms with Crippen LogP contribution in [-0.2, 0) is 4.74 Å². The number of nitrogens with one attached hydrogen (secondary N) is 1. The third-order valence-corrected chi connectivity index (χ3v) is 3.57. The van der Waals surface area contributed by atoms with Crippen LogP contribution in [0.15, 0.2) is 24.3 Å². The first-order chi connectivity index (χ1) is 10.1. The molecule has 5 nitrogen and oxygen atoms in total. The molecule has 1 aromatic carbocycles. The van der Waals surface area contributed by atoms with E-state index >= 15 is 0 Å². The lowest BCUT2D eigenvalue weighted by Crippen LogP contribution is -2.28. The Kier molecular flexibility index (Phi) is 6.02. The molecule has 5 heteroatoms. The van der Waals surface area contributed by atoms with E-state index < -0.39 is 0 Å². The number of ether oxygens (including phenoxy) is 2. The number of rotatable bonds is 10. The number of nitrogen functional groups attached to an aromatic ring is 1. The molecule has 0 unspecified atom stereocenters. The van der Waals surface area contributed by atoms with Gasteiger partial charge in [0.25, 0.3) is 0 Å². The van der Waals surface area contributed by atoms with Crippen LogP contribution in [-0.4, -0.2) is 50.7 Å². The summed E-state index contributed by atoms with van der Waals surface area (Å²) in [5, 5.41) is 7.33. The van der Waals surface area contributed by atoms with Crippen molar-refractivity contribution in [3.8, 4) is 5.75 Å². The van der Waals surface area contributed by atoms with E-state index in [1.807, 2.05) is 12.1 Å². The predicted octanol–water partition coefficient (Wildman–Crippen LogP) is 1.71. The van der Waals surface area contributed by atoms with Crippen LogP contribution in [0.2, 0.25) is 0 Å². The van der Waals surface area contributed by atoms with Crippen LogP contribution >= 0.6 is 0 Å². The molecule has 2 rings (SSSR count). The van der Waals surface area contributed by atoms with Crippen molar-refractivity contribution in [1.29, 1.82) is 5.41 Å². The van der Waals surface area contributed by atoms with E-state index in [0.717, 1.165) is 38.0 Å². The Hall–Kier alpha value is -1.59. The van der Waals surface area contributed by atoms with Crippen LogP contribution in [0.1, 0.15) is 18.4 Å². The van der Waals surface area contributed by atoms with E-state index in [2.05, 4.69) is 11.9 Å². The van der Waals surface area contributed by atoms with Crippen LogP contribution < -0.4 is 10.5 Å². The fourth-order valence-electron chi connectivity index (χ4n) is 1.92. The van der Waals surface area contributed by atoms with Gasteiger partial charge in [0, 0.05) is 25.3 Å². The molecule has 1 aliphatic rings. The lowest BCUT2D eigenvalue weighted by molar-refractivity contribution is 0.0992. The molecule has 0 saturated heterocycles. The van der Waals surface area contributed by atoms with Crippen molar-refractivity contribution >= 4 is 5.84 Å². The van der Waals surface area contributed by atoms with E-state index in [9.17, 15) is 0 Å². The lowest BCUT2D eigenvalue weighted by Gasteiger charge is -2.17. The van der Waals surface area contributed by atoms with Gasteiger partial charge in [-0.3, -0.25) is 5.41 Å². The van der Waals surface area contributed by atoms with Crippen LogP contribution in [0.25, 0.3) is 0 Å². The van der Waals surface area contributed by atoms with Gasteiger partial charge in [-0.05, 0) is 50.1 Å².